The first-order valence-corrected chi connectivity index (χ1v) is 12.9. The van der Waals surface area contributed by atoms with Crippen LogP contribution in [0.3, 0.4) is 0 Å². The minimum absolute atomic E-state index is 0.246. The van der Waals surface area contributed by atoms with Crippen molar-refractivity contribution < 1.29 is 23.8 Å². The quantitative estimate of drug-likeness (QED) is 0.419. The Morgan fingerprint density at radius 1 is 1.13 bits per heavy atom. The van der Waals surface area contributed by atoms with Crippen LogP contribution in [0.1, 0.15) is 45.8 Å². The van der Waals surface area contributed by atoms with Crippen molar-refractivity contribution in [2.75, 3.05) is 5.73 Å². The molecule has 2 aromatic rings. The molecule has 0 bridgehead atoms. The van der Waals surface area contributed by atoms with Gasteiger partial charge in [-0.25, -0.2) is 0 Å². The number of nitrogens with zero attached hydrogens (tertiary/aromatic N) is 4. The summed E-state index contributed by atoms with van der Waals surface area (Å²) in [5.74, 6) is 1.62. The fraction of sp³-hybridized carbons (Fsp3) is 0.632. The van der Waals surface area contributed by atoms with E-state index in [-0.39, 0.29) is 39.1 Å². The predicted molar refractivity (Wildman–Crippen MR) is 110 cm³/mol. The number of nitrogens with two attached hydrogens (primary N) is 1. The average Bonchev–Trinajstić information content (AvgIpc) is 3.26. The summed E-state index contributed by atoms with van der Waals surface area (Å²) in [6.07, 6.45) is 2.10. The normalized spacial score (nSPS) is 23.6. The molecule has 30 heavy (non-hydrogen) atoms. The number of nitrogen functional groups attached to an aromatic ring is 1. The van der Waals surface area contributed by atoms with Crippen molar-refractivity contribution in [1.82, 2.24) is 19.5 Å². The number of hydrogen-bond donors (Lipinski definition) is 1. The molecule has 0 aliphatic carbocycles. The molecule has 0 radical (unpaired) electrons. The van der Waals surface area contributed by atoms with Crippen molar-refractivity contribution in [3.63, 3.8) is 0 Å². The van der Waals surface area contributed by atoms with Gasteiger partial charge in [0.1, 0.15) is 0 Å². The van der Waals surface area contributed by atoms with Crippen LogP contribution in [-0.2, 0) is 23.8 Å². The monoisotopic (exact) mass is 485 g/mol. The van der Waals surface area contributed by atoms with Gasteiger partial charge in [-0.3, -0.25) is 0 Å². The van der Waals surface area contributed by atoms with Crippen molar-refractivity contribution in [3.05, 3.63) is 12.7 Å². The van der Waals surface area contributed by atoms with E-state index in [0.717, 1.165) is 0 Å². The molecule has 2 N–H and O–H groups in total. The maximum absolute atomic E-state index is 12.4. The Morgan fingerprint density at radius 2 is 1.80 bits per heavy atom. The average molecular weight is 484 g/mol. The second-order valence-electron chi connectivity index (χ2n) is 7.01. The molecular weight excluding hydrogens is 457 g/mol. The zero-order valence-corrected chi connectivity index (χ0v) is 19.0. The van der Waals surface area contributed by atoms with Crippen LogP contribution in [0, 0.1) is 0 Å². The van der Waals surface area contributed by atoms with E-state index in [2.05, 4.69) is 20.8 Å². The summed E-state index contributed by atoms with van der Waals surface area (Å²) in [4.78, 5) is 37.2. The molecule has 1 fully saturated rings. The Labute approximate surface area is 181 Å². The van der Waals surface area contributed by atoms with Crippen LogP contribution in [0.4, 0.5) is 5.82 Å². The minimum atomic E-state index is -0.814. The van der Waals surface area contributed by atoms with Crippen molar-refractivity contribution in [1.29, 1.82) is 0 Å². The molecule has 0 spiro atoms. The van der Waals surface area contributed by atoms with Crippen LogP contribution in [0.25, 0.3) is 11.2 Å². The van der Waals surface area contributed by atoms with Gasteiger partial charge in [0.15, 0.2) is 0 Å². The van der Waals surface area contributed by atoms with Crippen LogP contribution in [0.5, 0.6) is 0 Å². The van der Waals surface area contributed by atoms with Gasteiger partial charge in [0.2, 0.25) is 0 Å². The SMILES string of the molecule is CCCC(=O)OC1[C@@H](C[Se]C)O[C@@H](n2cnc3c(N)ncnc32)[C@H]1OC(=O)CCC. The Bertz CT molecular complexity index is 891. The number of hydrogen-bond acceptors (Lipinski definition) is 9. The summed E-state index contributed by atoms with van der Waals surface area (Å²) in [7, 11) is 0. The topological polar surface area (TPSA) is 131 Å². The van der Waals surface area contributed by atoms with Crippen molar-refractivity contribution in [2.45, 2.75) is 75.2 Å². The van der Waals surface area contributed by atoms with Crippen molar-refractivity contribution in [2.24, 2.45) is 0 Å². The number of imidazole rings is 1. The molecule has 1 aliphatic heterocycles. The molecule has 11 heteroatoms. The molecule has 0 amide bonds. The third-order valence-corrected chi connectivity index (χ3v) is 6.11. The standard InChI is InChI=1S/C19H27N5O5Se/c1-4-6-12(25)28-15-11(8-30-3)27-19(16(15)29-13(26)7-5-2)24-10-23-14-17(20)21-9-22-18(14)24/h9-11,15-16,19H,4-8H2,1-3H3,(H2,20,21,22)/t11-,15?,16+,19-/m1/s1. The third kappa shape index (κ3) is 4.74. The number of carbonyl (C=O) groups excluding carboxylic acids is 2. The molecule has 0 saturated carbocycles. The van der Waals surface area contributed by atoms with Gasteiger partial charge in [0.25, 0.3) is 0 Å². The van der Waals surface area contributed by atoms with Crippen LogP contribution >= 0.6 is 0 Å². The van der Waals surface area contributed by atoms with E-state index in [0.29, 0.717) is 35.7 Å². The first-order valence-electron chi connectivity index (χ1n) is 9.96. The summed E-state index contributed by atoms with van der Waals surface area (Å²) in [6.45, 7) is 3.80. The van der Waals surface area contributed by atoms with E-state index in [1.54, 1.807) is 4.57 Å². The van der Waals surface area contributed by atoms with Gasteiger partial charge < -0.3 is 0 Å². The van der Waals surface area contributed by atoms with Gasteiger partial charge in [-0.2, -0.15) is 0 Å². The molecule has 3 heterocycles. The molecule has 164 valence electrons. The van der Waals surface area contributed by atoms with E-state index < -0.39 is 24.5 Å². The summed E-state index contributed by atoms with van der Waals surface area (Å²) < 4.78 is 19.5. The van der Waals surface area contributed by atoms with Crippen molar-refractivity contribution in [3.8, 4) is 0 Å². The number of carbonyl (C=O) groups is 2. The summed E-state index contributed by atoms with van der Waals surface area (Å²) in [5.41, 5.74) is 6.80. The van der Waals surface area contributed by atoms with Gasteiger partial charge in [0, 0.05) is 0 Å². The molecule has 4 atom stereocenters. The zero-order chi connectivity index (χ0) is 21.7. The first-order chi connectivity index (χ1) is 14.5. The number of anilines is 1. The van der Waals surface area contributed by atoms with Crippen LogP contribution in [0.15, 0.2) is 12.7 Å². The fourth-order valence-electron chi connectivity index (χ4n) is 3.38. The second-order valence-corrected chi connectivity index (χ2v) is 8.92. The Kier molecular flexibility index (Phi) is 7.63. The first kappa shape index (κ1) is 22.5. The Morgan fingerprint density at radius 3 is 2.43 bits per heavy atom. The maximum atomic E-state index is 12.4. The van der Waals surface area contributed by atoms with E-state index in [9.17, 15) is 9.59 Å². The van der Waals surface area contributed by atoms with Crippen molar-refractivity contribution >= 4 is 43.9 Å². The summed E-state index contributed by atoms with van der Waals surface area (Å²) in [5, 5.41) is 0.707. The Hall–Kier alpha value is -2.23. The third-order valence-electron chi connectivity index (χ3n) is 4.72. The molecule has 2 aromatic heterocycles. The molecule has 3 rings (SSSR count). The van der Waals surface area contributed by atoms with E-state index >= 15 is 0 Å². The summed E-state index contributed by atoms with van der Waals surface area (Å²) >= 11 is 0.260. The predicted octanol–water partition coefficient (Wildman–Crippen LogP) is 1.90. The van der Waals surface area contributed by atoms with Gasteiger partial charge in [-0.1, -0.05) is 0 Å². The number of aromatic nitrogens is 4. The summed E-state index contributed by atoms with van der Waals surface area (Å²) in [6, 6.07) is 0. The van der Waals surface area contributed by atoms with E-state index in [4.69, 9.17) is 19.9 Å². The molecule has 10 nitrogen and oxygen atoms in total. The van der Waals surface area contributed by atoms with Gasteiger partial charge in [-0.05, 0) is 0 Å². The number of rotatable bonds is 9. The number of esters is 2. The van der Waals surface area contributed by atoms with Crippen LogP contribution < -0.4 is 5.73 Å². The van der Waals surface area contributed by atoms with Crippen LogP contribution in [0.2, 0.25) is 11.1 Å². The molecule has 1 unspecified atom stereocenters. The zero-order valence-electron chi connectivity index (χ0n) is 17.3. The molecule has 1 aliphatic rings. The van der Waals surface area contributed by atoms with Gasteiger partial charge >= 0.3 is 181 Å². The molecular formula is C19H27N5O5Se. The van der Waals surface area contributed by atoms with E-state index in [1.165, 1.54) is 12.7 Å². The molecule has 1 saturated heterocycles. The van der Waals surface area contributed by atoms with Gasteiger partial charge in [-0.15, -0.1) is 0 Å². The molecule has 0 aromatic carbocycles. The second kappa shape index (κ2) is 10.2. The Balaban J connectivity index is 1.98. The fourth-order valence-corrected chi connectivity index (χ4v) is 4.64. The number of ether oxygens (including phenoxy) is 3. The van der Waals surface area contributed by atoms with Gasteiger partial charge in [0.05, 0.1) is 0 Å². The van der Waals surface area contributed by atoms with E-state index in [1.807, 2.05) is 13.8 Å². The number of fused-ring (bicyclic) bond motifs is 1. The van der Waals surface area contributed by atoms with Crippen LogP contribution in [-0.4, -0.2) is 64.7 Å².